The Morgan fingerprint density at radius 3 is 2.31 bits per heavy atom. The summed E-state index contributed by atoms with van der Waals surface area (Å²) in [5, 5.41) is 1.20. The molecule has 3 rings (SSSR count). The van der Waals surface area contributed by atoms with E-state index in [1.807, 2.05) is 6.07 Å². The van der Waals surface area contributed by atoms with Crippen molar-refractivity contribution in [3.05, 3.63) is 92.7 Å². The summed E-state index contributed by atoms with van der Waals surface area (Å²) in [6, 6.07) is 13.1. The van der Waals surface area contributed by atoms with Gasteiger partial charge in [-0.25, -0.2) is 4.21 Å². The minimum atomic E-state index is -3.05. The molecule has 0 bridgehead atoms. The fraction of sp³-hybridized carbons (Fsp3) is 0.0476. The van der Waals surface area contributed by atoms with Crippen molar-refractivity contribution in [3.8, 4) is 11.8 Å². The zero-order valence-electron chi connectivity index (χ0n) is 15.0. The highest BCUT2D eigenvalue weighted by molar-refractivity contribution is 7.93. The topological polar surface area (TPSA) is 59.4 Å². The molecule has 1 amide bonds. The molecule has 0 spiro atoms. The molecule has 0 saturated heterocycles. The lowest BCUT2D eigenvalue weighted by Crippen LogP contribution is -2.04. The van der Waals surface area contributed by atoms with Crippen LogP contribution in [0.4, 0.5) is 0 Å². The molecule has 0 aliphatic carbocycles. The Hall–Kier alpha value is -2.36. The van der Waals surface area contributed by atoms with Crippen LogP contribution in [-0.4, -0.2) is 21.4 Å². The van der Waals surface area contributed by atoms with E-state index in [2.05, 4.69) is 21.2 Å². The minimum absolute atomic E-state index is 0.172. The zero-order chi connectivity index (χ0) is 21.0. The molecule has 0 N–H and O–H groups in total. The monoisotopic (exact) mass is 462 g/mol. The second-order valence-electron chi connectivity index (χ2n) is 6.03. The molecular formula is C21H13Cl3N2O2S. The van der Waals surface area contributed by atoms with E-state index < -0.39 is 15.6 Å². The number of pyridine rings is 1. The molecule has 1 atom stereocenters. The van der Waals surface area contributed by atoms with Gasteiger partial charge in [0.15, 0.2) is 0 Å². The third kappa shape index (κ3) is 5.81. The van der Waals surface area contributed by atoms with Gasteiger partial charge < -0.3 is 0 Å². The van der Waals surface area contributed by atoms with Gasteiger partial charge in [-0.15, -0.1) is 0 Å². The van der Waals surface area contributed by atoms with Gasteiger partial charge in [0.25, 0.3) is 5.91 Å². The van der Waals surface area contributed by atoms with Crippen molar-refractivity contribution < 1.29 is 9.00 Å². The molecule has 0 fully saturated rings. The first-order valence-electron chi connectivity index (χ1n) is 8.18. The molecule has 0 aliphatic rings. The van der Waals surface area contributed by atoms with Crippen LogP contribution in [0.25, 0.3) is 0 Å². The minimum Gasteiger partial charge on any atom is -0.266 e. The number of halogens is 3. The lowest BCUT2D eigenvalue weighted by atomic mass is 10.1. The Kier molecular flexibility index (Phi) is 6.61. The van der Waals surface area contributed by atoms with Gasteiger partial charge in [0, 0.05) is 44.8 Å². The summed E-state index contributed by atoms with van der Waals surface area (Å²) in [7, 11) is -3.05. The van der Waals surface area contributed by atoms with Crippen LogP contribution in [0.15, 0.2) is 70.2 Å². The summed E-state index contributed by atoms with van der Waals surface area (Å²) < 4.78 is 16.8. The van der Waals surface area contributed by atoms with E-state index in [1.165, 1.54) is 42.9 Å². The smallest absolute Gasteiger partial charge is 0.266 e. The van der Waals surface area contributed by atoms with E-state index in [1.54, 1.807) is 18.2 Å². The van der Waals surface area contributed by atoms with Crippen molar-refractivity contribution in [2.24, 2.45) is 4.36 Å². The predicted octanol–water partition coefficient (Wildman–Crippen LogP) is 5.74. The van der Waals surface area contributed by atoms with Crippen LogP contribution in [0.2, 0.25) is 15.1 Å². The molecular weight excluding hydrogens is 451 g/mol. The van der Waals surface area contributed by atoms with E-state index in [9.17, 15) is 9.00 Å². The van der Waals surface area contributed by atoms with Gasteiger partial charge in [-0.3, -0.25) is 9.78 Å². The van der Waals surface area contributed by atoms with E-state index in [0.717, 1.165) is 5.56 Å². The maximum atomic E-state index is 12.9. The molecule has 2 aromatic carbocycles. The molecule has 1 aromatic heterocycles. The Labute approximate surface area is 184 Å². The van der Waals surface area contributed by atoms with Crippen LogP contribution < -0.4 is 0 Å². The number of carbonyl (C=O) groups excluding carboxylic acids is 1. The lowest BCUT2D eigenvalue weighted by molar-refractivity contribution is 0.100. The van der Waals surface area contributed by atoms with Crippen molar-refractivity contribution in [1.82, 2.24) is 4.98 Å². The largest absolute Gasteiger partial charge is 0.286 e. The number of rotatable bonds is 2. The summed E-state index contributed by atoms with van der Waals surface area (Å²) in [5.74, 6) is 5.20. The van der Waals surface area contributed by atoms with Gasteiger partial charge in [-0.05, 0) is 42.5 Å². The fourth-order valence-electron chi connectivity index (χ4n) is 2.35. The predicted molar refractivity (Wildman–Crippen MR) is 117 cm³/mol. The third-order valence-corrected chi connectivity index (χ3v) is 5.99. The summed E-state index contributed by atoms with van der Waals surface area (Å²) >= 11 is 17.9. The fourth-order valence-corrected chi connectivity index (χ4v) is 4.41. The maximum Gasteiger partial charge on any atom is 0.286 e. The summed E-state index contributed by atoms with van der Waals surface area (Å²) in [4.78, 5) is 16.9. The first kappa shape index (κ1) is 21.4. The first-order valence-corrected chi connectivity index (χ1v) is 11.2. The van der Waals surface area contributed by atoms with Gasteiger partial charge in [0.2, 0.25) is 0 Å². The van der Waals surface area contributed by atoms with Crippen molar-refractivity contribution in [2.45, 2.75) is 4.90 Å². The van der Waals surface area contributed by atoms with Crippen molar-refractivity contribution >= 4 is 50.4 Å². The van der Waals surface area contributed by atoms with E-state index in [0.29, 0.717) is 20.6 Å². The maximum absolute atomic E-state index is 12.9. The highest BCUT2D eigenvalue weighted by Gasteiger charge is 2.13. The molecule has 1 unspecified atom stereocenters. The third-order valence-electron chi connectivity index (χ3n) is 3.69. The summed E-state index contributed by atoms with van der Waals surface area (Å²) in [6.07, 6.45) is 4.22. The van der Waals surface area contributed by atoms with E-state index in [4.69, 9.17) is 34.8 Å². The SMILES string of the molecule is CS(=O)(=NC(=O)c1cncc(C#Cc2cccc(Cl)c2)c1)c1cc(Cl)cc(Cl)c1. The molecule has 0 aliphatic heterocycles. The summed E-state index contributed by atoms with van der Waals surface area (Å²) in [5.41, 5.74) is 1.42. The number of hydrogen-bond donors (Lipinski definition) is 0. The molecule has 29 heavy (non-hydrogen) atoms. The van der Waals surface area contributed by atoms with Crippen LogP contribution in [0.5, 0.6) is 0 Å². The average Bonchev–Trinajstić information content (AvgIpc) is 2.65. The number of nitrogens with zero attached hydrogens (tertiary/aromatic N) is 2. The second-order valence-corrected chi connectivity index (χ2v) is 9.60. The zero-order valence-corrected chi connectivity index (χ0v) is 18.1. The van der Waals surface area contributed by atoms with Gasteiger partial charge in [0.05, 0.1) is 20.2 Å². The van der Waals surface area contributed by atoms with E-state index in [-0.39, 0.29) is 10.5 Å². The number of amides is 1. The van der Waals surface area contributed by atoms with Gasteiger partial charge in [-0.1, -0.05) is 52.7 Å². The normalized spacial score (nSPS) is 12.4. The molecule has 0 radical (unpaired) electrons. The van der Waals surface area contributed by atoms with Crippen LogP contribution in [0.3, 0.4) is 0 Å². The first-order chi connectivity index (χ1) is 13.7. The Morgan fingerprint density at radius 1 is 0.931 bits per heavy atom. The quantitative estimate of drug-likeness (QED) is 0.455. The van der Waals surface area contributed by atoms with Crippen LogP contribution in [0.1, 0.15) is 21.5 Å². The number of aromatic nitrogens is 1. The number of carbonyl (C=O) groups is 1. The van der Waals surface area contributed by atoms with Crippen molar-refractivity contribution in [2.75, 3.05) is 6.26 Å². The lowest BCUT2D eigenvalue weighted by Gasteiger charge is -2.05. The van der Waals surface area contributed by atoms with Crippen molar-refractivity contribution in [3.63, 3.8) is 0 Å². The Balaban J connectivity index is 1.91. The number of hydrogen-bond acceptors (Lipinski definition) is 3. The average molecular weight is 464 g/mol. The molecule has 3 aromatic rings. The van der Waals surface area contributed by atoms with Crippen LogP contribution >= 0.6 is 34.8 Å². The standard InChI is InChI=1S/C21H13Cl3N2O2S/c1-29(28,20-10-18(23)9-19(24)11-20)26-21(27)16-7-15(12-25-13-16)6-5-14-3-2-4-17(22)8-14/h2-4,7-13H,1H3. The molecule has 146 valence electrons. The highest BCUT2D eigenvalue weighted by atomic mass is 35.5. The Morgan fingerprint density at radius 2 is 1.62 bits per heavy atom. The molecule has 1 heterocycles. The molecule has 0 saturated carbocycles. The Bertz CT molecular complexity index is 1270. The van der Waals surface area contributed by atoms with Crippen LogP contribution in [-0.2, 0) is 9.73 Å². The van der Waals surface area contributed by atoms with Gasteiger partial charge in [-0.2, -0.15) is 4.36 Å². The highest BCUT2D eigenvalue weighted by Crippen LogP contribution is 2.23. The van der Waals surface area contributed by atoms with E-state index >= 15 is 0 Å². The second kappa shape index (κ2) is 8.98. The van der Waals surface area contributed by atoms with Crippen LogP contribution in [0, 0.1) is 11.8 Å². The molecule has 4 nitrogen and oxygen atoms in total. The van der Waals surface area contributed by atoms with Gasteiger partial charge >= 0.3 is 0 Å². The van der Waals surface area contributed by atoms with Gasteiger partial charge in [0.1, 0.15) is 0 Å². The molecule has 8 heteroatoms. The summed E-state index contributed by atoms with van der Waals surface area (Å²) in [6.45, 7) is 0. The number of benzene rings is 2. The van der Waals surface area contributed by atoms with Crippen molar-refractivity contribution in [1.29, 1.82) is 0 Å².